The maximum absolute atomic E-state index is 13.0. The molecule has 0 radical (unpaired) electrons. The summed E-state index contributed by atoms with van der Waals surface area (Å²) in [5.74, 6) is 1.72. The third-order valence-corrected chi connectivity index (χ3v) is 6.04. The first-order valence-electron chi connectivity index (χ1n) is 11.0. The van der Waals surface area contributed by atoms with Crippen molar-refractivity contribution in [1.29, 1.82) is 0 Å². The van der Waals surface area contributed by atoms with Gasteiger partial charge in [0.25, 0.3) is 0 Å². The van der Waals surface area contributed by atoms with Crippen molar-refractivity contribution in [1.82, 2.24) is 25.0 Å². The predicted molar refractivity (Wildman–Crippen MR) is 117 cm³/mol. The molecule has 0 amide bonds. The minimum atomic E-state index is -4.19. The third kappa shape index (κ3) is 6.22. The molecule has 0 aliphatic carbocycles. The van der Waals surface area contributed by atoms with Gasteiger partial charge in [-0.2, -0.15) is 13.2 Å². The summed E-state index contributed by atoms with van der Waals surface area (Å²) in [5, 5.41) is 3.30. The van der Waals surface area contributed by atoms with Gasteiger partial charge in [0.15, 0.2) is 5.96 Å². The van der Waals surface area contributed by atoms with Crippen LogP contribution in [0.4, 0.5) is 19.0 Å². The van der Waals surface area contributed by atoms with Crippen LogP contribution in [0.1, 0.15) is 19.4 Å². The molecule has 31 heavy (non-hydrogen) atoms. The Kier molecular flexibility index (Phi) is 7.99. The molecule has 0 aromatic carbocycles. The third-order valence-electron chi connectivity index (χ3n) is 6.04. The number of aliphatic imine (C=N–C) groups is 1. The molecule has 2 aliphatic heterocycles. The summed E-state index contributed by atoms with van der Waals surface area (Å²) in [7, 11) is 2.12. The second kappa shape index (κ2) is 10.5. The molecule has 2 fully saturated rings. The molecule has 1 atom stereocenters. The van der Waals surface area contributed by atoms with Gasteiger partial charge in [-0.25, -0.2) is 9.98 Å². The van der Waals surface area contributed by atoms with Crippen LogP contribution in [0.2, 0.25) is 0 Å². The van der Waals surface area contributed by atoms with Gasteiger partial charge in [0.05, 0.1) is 6.54 Å². The zero-order valence-corrected chi connectivity index (χ0v) is 18.7. The van der Waals surface area contributed by atoms with Crippen LogP contribution in [0, 0.1) is 0 Å². The molecule has 0 spiro atoms. The van der Waals surface area contributed by atoms with Crippen LogP contribution in [-0.4, -0.2) is 104 Å². The van der Waals surface area contributed by atoms with E-state index in [0.717, 1.165) is 43.5 Å². The smallest absolute Gasteiger partial charge is 0.357 e. The van der Waals surface area contributed by atoms with E-state index >= 15 is 0 Å². The van der Waals surface area contributed by atoms with Crippen molar-refractivity contribution in [3.63, 3.8) is 0 Å². The van der Waals surface area contributed by atoms with Crippen LogP contribution in [0.5, 0.6) is 0 Å². The van der Waals surface area contributed by atoms with E-state index in [9.17, 15) is 13.2 Å². The van der Waals surface area contributed by atoms with Gasteiger partial charge in [-0.15, -0.1) is 0 Å². The first-order valence-corrected chi connectivity index (χ1v) is 11.0. The number of hydrogen-bond donors (Lipinski definition) is 1. The second-order valence-electron chi connectivity index (χ2n) is 8.19. The Balaban J connectivity index is 1.66. The van der Waals surface area contributed by atoms with Crippen molar-refractivity contribution in [3.8, 4) is 0 Å². The van der Waals surface area contributed by atoms with Crippen molar-refractivity contribution in [2.45, 2.75) is 32.6 Å². The highest BCUT2D eigenvalue weighted by Gasteiger charge is 2.41. The summed E-state index contributed by atoms with van der Waals surface area (Å²) in [6, 6.07) is 2.56. The van der Waals surface area contributed by atoms with Crippen LogP contribution in [0.3, 0.4) is 0 Å². The molecule has 174 valence electrons. The second-order valence-corrected chi connectivity index (χ2v) is 8.19. The van der Waals surface area contributed by atoms with Gasteiger partial charge in [0, 0.05) is 70.7 Å². The van der Waals surface area contributed by atoms with Gasteiger partial charge in [0.2, 0.25) is 0 Å². The number of likely N-dealkylation sites (N-methyl/N-ethyl adjacent to an activating group) is 1. The average Bonchev–Trinajstić information content (AvgIpc) is 2.76. The van der Waals surface area contributed by atoms with Crippen molar-refractivity contribution < 1.29 is 13.2 Å². The van der Waals surface area contributed by atoms with Crippen LogP contribution < -0.4 is 10.2 Å². The Morgan fingerprint density at radius 1 is 1.13 bits per heavy atom. The molecular formula is C21H34F3N7. The molecule has 10 heteroatoms. The largest absolute Gasteiger partial charge is 0.403 e. The van der Waals surface area contributed by atoms with Gasteiger partial charge >= 0.3 is 6.18 Å². The van der Waals surface area contributed by atoms with Gasteiger partial charge < -0.3 is 20.0 Å². The fourth-order valence-corrected chi connectivity index (χ4v) is 3.97. The molecular weight excluding hydrogens is 407 g/mol. The van der Waals surface area contributed by atoms with Gasteiger partial charge in [0.1, 0.15) is 11.9 Å². The Hall–Kier alpha value is -2.07. The SMILES string of the molecule is CCNC(=NCc1cccnc1N1CCN(C)CC1)N1CCN(C(C)C(F)(F)F)CC1. The monoisotopic (exact) mass is 441 g/mol. The summed E-state index contributed by atoms with van der Waals surface area (Å²) < 4.78 is 39.1. The first-order chi connectivity index (χ1) is 14.8. The number of guanidine groups is 1. The first kappa shape index (κ1) is 23.6. The zero-order valence-electron chi connectivity index (χ0n) is 18.7. The van der Waals surface area contributed by atoms with E-state index in [1.807, 2.05) is 19.2 Å². The Morgan fingerprint density at radius 2 is 1.81 bits per heavy atom. The number of rotatable bonds is 5. The average molecular weight is 442 g/mol. The lowest BCUT2D eigenvalue weighted by molar-refractivity contribution is -0.181. The lowest BCUT2D eigenvalue weighted by atomic mass is 10.2. The minimum absolute atomic E-state index is 0.366. The van der Waals surface area contributed by atoms with E-state index in [1.165, 1.54) is 11.8 Å². The lowest BCUT2D eigenvalue weighted by Gasteiger charge is -2.39. The van der Waals surface area contributed by atoms with Crippen molar-refractivity contribution in [3.05, 3.63) is 23.9 Å². The van der Waals surface area contributed by atoms with E-state index in [-0.39, 0.29) is 0 Å². The molecule has 3 heterocycles. The Labute approximate surface area is 182 Å². The van der Waals surface area contributed by atoms with E-state index < -0.39 is 12.2 Å². The summed E-state index contributed by atoms with van der Waals surface area (Å²) in [6.07, 6.45) is -2.38. The molecule has 0 saturated carbocycles. The van der Waals surface area contributed by atoms with Crippen LogP contribution >= 0.6 is 0 Å². The number of nitrogens with zero attached hydrogens (tertiary/aromatic N) is 6. The number of alkyl halides is 3. The van der Waals surface area contributed by atoms with Crippen molar-refractivity contribution in [2.24, 2.45) is 4.99 Å². The van der Waals surface area contributed by atoms with Gasteiger partial charge in [-0.1, -0.05) is 6.07 Å². The molecule has 7 nitrogen and oxygen atoms in total. The van der Waals surface area contributed by atoms with E-state index in [1.54, 1.807) is 0 Å². The van der Waals surface area contributed by atoms with Crippen molar-refractivity contribution in [2.75, 3.05) is 70.9 Å². The number of nitrogens with one attached hydrogen (secondary N) is 1. The molecule has 1 N–H and O–H groups in total. The fraction of sp³-hybridized carbons (Fsp3) is 0.714. The molecule has 1 aromatic heterocycles. The highest BCUT2D eigenvalue weighted by atomic mass is 19.4. The highest BCUT2D eigenvalue weighted by molar-refractivity contribution is 5.80. The molecule has 2 aliphatic rings. The molecule has 0 bridgehead atoms. The van der Waals surface area contributed by atoms with E-state index in [2.05, 4.69) is 38.1 Å². The normalized spacial score (nSPS) is 20.8. The summed E-state index contributed by atoms with van der Waals surface area (Å²) in [5.41, 5.74) is 1.06. The van der Waals surface area contributed by atoms with E-state index in [0.29, 0.717) is 39.3 Å². The topological polar surface area (TPSA) is 50.2 Å². The van der Waals surface area contributed by atoms with Gasteiger partial charge in [-0.3, -0.25) is 4.90 Å². The summed E-state index contributed by atoms with van der Waals surface area (Å²) in [4.78, 5) is 17.6. The summed E-state index contributed by atoms with van der Waals surface area (Å²) in [6.45, 7) is 10.1. The Bertz CT molecular complexity index is 724. The van der Waals surface area contributed by atoms with Crippen molar-refractivity contribution >= 4 is 11.8 Å². The molecule has 1 unspecified atom stereocenters. The lowest BCUT2D eigenvalue weighted by Crippen LogP contribution is -2.56. The molecule has 3 rings (SSSR count). The van der Waals surface area contributed by atoms with Crippen LogP contribution in [0.25, 0.3) is 0 Å². The Morgan fingerprint density at radius 3 is 2.42 bits per heavy atom. The number of hydrogen-bond acceptors (Lipinski definition) is 5. The quantitative estimate of drug-likeness (QED) is 0.556. The van der Waals surface area contributed by atoms with Crippen LogP contribution in [-0.2, 0) is 6.54 Å². The predicted octanol–water partition coefficient (Wildman–Crippen LogP) is 1.87. The summed E-state index contributed by atoms with van der Waals surface area (Å²) >= 11 is 0. The maximum atomic E-state index is 13.0. The standard InChI is InChI=1S/C21H34F3N7/c1-4-25-20(31-14-12-29(13-15-31)17(2)21(22,23)24)27-16-18-6-5-7-26-19(18)30-10-8-28(3)9-11-30/h5-7,17H,4,8-16H2,1-3H3,(H,25,27). The number of halogens is 3. The fourth-order valence-electron chi connectivity index (χ4n) is 3.97. The number of piperazine rings is 2. The van der Waals surface area contributed by atoms with Crippen LogP contribution in [0.15, 0.2) is 23.3 Å². The number of pyridine rings is 1. The highest BCUT2D eigenvalue weighted by Crippen LogP contribution is 2.25. The number of aromatic nitrogens is 1. The molecule has 1 aromatic rings. The minimum Gasteiger partial charge on any atom is -0.357 e. The zero-order chi connectivity index (χ0) is 22.4. The maximum Gasteiger partial charge on any atom is 0.403 e. The van der Waals surface area contributed by atoms with E-state index in [4.69, 9.17) is 4.99 Å². The van der Waals surface area contributed by atoms with Gasteiger partial charge in [-0.05, 0) is 27.0 Å². The number of anilines is 1. The molecule has 2 saturated heterocycles.